The average molecular weight is 390 g/mol. The van der Waals surface area contributed by atoms with Crippen LogP contribution in [0.4, 0.5) is 0 Å². The van der Waals surface area contributed by atoms with Gasteiger partial charge in [-0.25, -0.2) is 4.79 Å². The molecule has 0 aliphatic heterocycles. The van der Waals surface area contributed by atoms with E-state index < -0.39 is 8.15 Å². The van der Waals surface area contributed by atoms with E-state index in [1.807, 2.05) is 63.2 Å². The molecule has 3 aromatic carbocycles. The molecule has 144 valence electrons. The van der Waals surface area contributed by atoms with Gasteiger partial charge < -0.3 is 4.52 Å². The van der Waals surface area contributed by atoms with E-state index in [-0.39, 0.29) is 5.97 Å². The monoisotopic (exact) mass is 390 g/mol. The first-order chi connectivity index (χ1) is 13.3. The average Bonchev–Trinajstić information content (AvgIpc) is 2.60. The van der Waals surface area contributed by atoms with Crippen LogP contribution in [0.2, 0.25) is 0 Å². The molecular weight excluding hydrogens is 363 g/mol. The Morgan fingerprint density at radius 2 is 1.18 bits per heavy atom. The summed E-state index contributed by atoms with van der Waals surface area (Å²) in [4.78, 5) is 13.2. The highest BCUT2D eigenvalue weighted by Gasteiger charge is 2.26. The molecule has 1 unspecified atom stereocenters. The molecule has 0 fully saturated rings. The van der Waals surface area contributed by atoms with E-state index in [1.54, 1.807) is 0 Å². The van der Waals surface area contributed by atoms with E-state index in [0.717, 1.165) is 38.4 Å². The lowest BCUT2D eigenvalue weighted by molar-refractivity contribution is 0.0757. The van der Waals surface area contributed by atoms with Crippen LogP contribution >= 0.6 is 8.15 Å². The Morgan fingerprint density at radius 1 is 0.714 bits per heavy atom. The minimum absolute atomic E-state index is 0.246. The molecule has 28 heavy (non-hydrogen) atoms. The highest BCUT2D eigenvalue weighted by molar-refractivity contribution is 7.69. The number of carbonyl (C=O) groups is 1. The number of hydrogen-bond donors (Lipinski definition) is 0. The third kappa shape index (κ3) is 4.18. The smallest absolute Gasteiger partial charge is 0.341 e. The van der Waals surface area contributed by atoms with Gasteiger partial charge in [-0.05, 0) is 63.8 Å². The molecular formula is C25H27O2P. The van der Waals surface area contributed by atoms with Crippen molar-refractivity contribution in [1.82, 2.24) is 0 Å². The van der Waals surface area contributed by atoms with Crippen LogP contribution < -0.4 is 10.6 Å². The first-order valence-electron chi connectivity index (χ1n) is 9.51. The summed E-state index contributed by atoms with van der Waals surface area (Å²) < 4.78 is 6.24. The molecule has 2 nitrogen and oxygen atoms in total. The second-order valence-electron chi connectivity index (χ2n) is 7.53. The summed E-state index contributed by atoms with van der Waals surface area (Å²) in [6, 6.07) is 18.5. The van der Waals surface area contributed by atoms with Gasteiger partial charge in [0.05, 0.1) is 5.56 Å². The Kier molecular flexibility index (Phi) is 6.01. The van der Waals surface area contributed by atoms with Crippen molar-refractivity contribution in [2.45, 2.75) is 41.5 Å². The lowest BCUT2D eigenvalue weighted by Crippen LogP contribution is -2.22. The lowest BCUT2D eigenvalue weighted by atomic mass is 10.0. The van der Waals surface area contributed by atoms with Crippen LogP contribution in [0.15, 0.2) is 54.6 Å². The highest BCUT2D eigenvalue weighted by Crippen LogP contribution is 2.39. The van der Waals surface area contributed by atoms with E-state index >= 15 is 0 Å². The lowest BCUT2D eigenvalue weighted by Gasteiger charge is -2.23. The molecule has 0 saturated heterocycles. The van der Waals surface area contributed by atoms with Gasteiger partial charge >= 0.3 is 5.97 Å². The topological polar surface area (TPSA) is 26.3 Å². The molecule has 0 aromatic heterocycles. The first-order valence-corrected chi connectivity index (χ1v) is 10.8. The van der Waals surface area contributed by atoms with Gasteiger partial charge in [0, 0.05) is 10.6 Å². The van der Waals surface area contributed by atoms with Crippen LogP contribution in [0.3, 0.4) is 0 Å². The molecule has 0 radical (unpaired) electrons. The fraction of sp³-hybridized carbons (Fsp3) is 0.240. The number of carbonyl (C=O) groups excluding carboxylic acids is 1. The summed E-state index contributed by atoms with van der Waals surface area (Å²) in [7, 11) is -1.25. The first kappa shape index (κ1) is 20.3. The molecule has 3 heteroatoms. The summed E-state index contributed by atoms with van der Waals surface area (Å²) in [6.07, 6.45) is 0. The molecule has 0 aliphatic carbocycles. The van der Waals surface area contributed by atoms with Crippen molar-refractivity contribution < 1.29 is 9.32 Å². The van der Waals surface area contributed by atoms with E-state index in [1.165, 1.54) is 5.56 Å². The minimum Gasteiger partial charge on any atom is -0.431 e. The third-order valence-electron chi connectivity index (χ3n) is 4.88. The molecule has 0 aliphatic rings. The van der Waals surface area contributed by atoms with E-state index in [0.29, 0.717) is 5.56 Å². The van der Waals surface area contributed by atoms with Crippen LogP contribution in [-0.4, -0.2) is 5.97 Å². The minimum atomic E-state index is -1.25. The molecule has 0 spiro atoms. The van der Waals surface area contributed by atoms with Crippen molar-refractivity contribution >= 4 is 24.7 Å². The van der Waals surface area contributed by atoms with Gasteiger partial charge in [0.2, 0.25) is 0 Å². The maximum absolute atomic E-state index is 13.2. The quantitative estimate of drug-likeness (QED) is 0.531. The van der Waals surface area contributed by atoms with Crippen LogP contribution in [-0.2, 0) is 4.52 Å². The molecule has 0 heterocycles. The number of hydrogen-bond acceptors (Lipinski definition) is 2. The van der Waals surface area contributed by atoms with Crippen LogP contribution in [0.25, 0.3) is 0 Å². The predicted molar refractivity (Wildman–Crippen MR) is 119 cm³/mol. The Morgan fingerprint density at radius 3 is 1.68 bits per heavy atom. The van der Waals surface area contributed by atoms with Crippen molar-refractivity contribution in [1.29, 1.82) is 0 Å². The van der Waals surface area contributed by atoms with Crippen molar-refractivity contribution in [2.24, 2.45) is 0 Å². The fourth-order valence-electron chi connectivity index (χ4n) is 3.91. The van der Waals surface area contributed by atoms with E-state index in [2.05, 4.69) is 32.9 Å². The summed E-state index contributed by atoms with van der Waals surface area (Å²) in [5, 5.41) is 2.17. The standard InChI is InChI=1S/C25H27O2P/c1-16-12-18(3)23(19(4)13-16)25(26)27-28(22-10-8-7-9-11-22)24-20(5)14-17(2)15-21(24)6/h7-15H,1-6H3. The SMILES string of the molecule is Cc1cc(C)c(C(=O)OP(c2ccccc2)c2c(C)cc(C)cc2C)c(C)c1. The second-order valence-corrected chi connectivity index (χ2v) is 9.26. The van der Waals surface area contributed by atoms with E-state index in [4.69, 9.17) is 4.52 Å². The van der Waals surface area contributed by atoms with Crippen molar-refractivity contribution in [2.75, 3.05) is 0 Å². The fourth-order valence-corrected chi connectivity index (χ4v) is 5.84. The molecule has 1 atom stereocenters. The van der Waals surface area contributed by atoms with Crippen molar-refractivity contribution in [3.63, 3.8) is 0 Å². The second kappa shape index (κ2) is 8.29. The zero-order valence-electron chi connectivity index (χ0n) is 17.5. The molecule has 0 amide bonds. The van der Waals surface area contributed by atoms with Crippen molar-refractivity contribution in [3.8, 4) is 0 Å². The van der Waals surface area contributed by atoms with Gasteiger partial charge in [-0.15, -0.1) is 0 Å². The largest absolute Gasteiger partial charge is 0.431 e. The van der Waals surface area contributed by atoms with Gasteiger partial charge in [-0.2, -0.15) is 0 Å². The summed E-state index contributed by atoms with van der Waals surface area (Å²) in [6.45, 7) is 12.3. The zero-order chi connectivity index (χ0) is 20.4. The predicted octanol–water partition coefficient (Wildman–Crippen LogP) is 5.74. The maximum atomic E-state index is 13.2. The number of aryl methyl sites for hydroxylation is 6. The Balaban J connectivity index is 2.09. The maximum Gasteiger partial charge on any atom is 0.341 e. The van der Waals surface area contributed by atoms with Gasteiger partial charge in [0.25, 0.3) is 0 Å². The summed E-state index contributed by atoms with van der Waals surface area (Å²) >= 11 is 0. The zero-order valence-corrected chi connectivity index (χ0v) is 18.4. The normalized spacial score (nSPS) is 11.9. The van der Waals surface area contributed by atoms with Gasteiger partial charge in [-0.3, -0.25) is 0 Å². The van der Waals surface area contributed by atoms with Gasteiger partial charge in [0.15, 0.2) is 8.15 Å². The highest BCUT2D eigenvalue weighted by atomic mass is 31.1. The molecule has 0 saturated carbocycles. The van der Waals surface area contributed by atoms with Crippen LogP contribution in [0, 0.1) is 41.5 Å². The van der Waals surface area contributed by atoms with Crippen LogP contribution in [0.1, 0.15) is 43.7 Å². The summed E-state index contributed by atoms with van der Waals surface area (Å²) in [5.74, 6) is -0.246. The molecule has 3 aromatic rings. The Labute approximate surface area is 169 Å². The molecule has 0 bridgehead atoms. The van der Waals surface area contributed by atoms with E-state index in [9.17, 15) is 4.79 Å². The van der Waals surface area contributed by atoms with Gasteiger partial charge in [0.1, 0.15) is 0 Å². The van der Waals surface area contributed by atoms with Gasteiger partial charge in [-0.1, -0.05) is 65.7 Å². The third-order valence-corrected chi connectivity index (χ3v) is 7.11. The Hall–Kier alpha value is -2.44. The Bertz CT molecular complexity index is 976. The van der Waals surface area contributed by atoms with Crippen molar-refractivity contribution in [3.05, 3.63) is 93.5 Å². The number of rotatable bonds is 4. The van der Waals surface area contributed by atoms with Crippen LogP contribution in [0.5, 0.6) is 0 Å². The number of benzene rings is 3. The summed E-state index contributed by atoms with van der Waals surface area (Å²) in [5.41, 5.74) is 7.30. The molecule has 0 N–H and O–H groups in total. The molecule has 3 rings (SSSR count).